The zero-order valence-electron chi connectivity index (χ0n) is 15.9. The number of anilines is 1. The first-order chi connectivity index (χ1) is 13.2. The van der Waals surface area contributed by atoms with Gasteiger partial charge in [0.2, 0.25) is 5.95 Å². The number of para-hydroxylation sites is 1. The third kappa shape index (κ3) is 3.94. The minimum Gasteiger partial charge on any atom is -0.494 e. The molecule has 1 aliphatic rings. The van der Waals surface area contributed by atoms with Crippen LogP contribution in [-0.4, -0.2) is 39.4 Å². The second-order valence-electron chi connectivity index (χ2n) is 6.33. The van der Waals surface area contributed by atoms with E-state index in [0.29, 0.717) is 36.2 Å². The average molecular weight is 371 g/mol. The molecule has 0 radical (unpaired) electrons. The molecule has 0 amide bonds. The molecule has 1 aliphatic heterocycles. The van der Waals surface area contributed by atoms with E-state index < -0.39 is 6.04 Å². The number of hydrogen-bond acceptors (Lipinski definition) is 7. The number of rotatable bonds is 8. The molecule has 1 aromatic carbocycles. The van der Waals surface area contributed by atoms with Gasteiger partial charge in [0, 0.05) is 11.3 Å². The Morgan fingerprint density at radius 3 is 2.85 bits per heavy atom. The van der Waals surface area contributed by atoms with E-state index in [1.165, 1.54) is 0 Å². The van der Waals surface area contributed by atoms with Gasteiger partial charge in [-0.15, -0.1) is 0 Å². The molecule has 1 N–H and O–H groups in total. The maximum absolute atomic E-state index is 12.9. The van der Waals surface area contributed by atoms with Crippen molar-refractivity contribution >= 4 is 11.9 Å². The molecule has 27 heavy (non-hydrogen) atoms. The molecular weight excluding hydrogens is 346 g/mol. The highest BCUT2D eigenvalue weighted by atomic mass is 16.5. The van der Waals surface area contributed by atoms with Crippen LogP contribution in [0.2, 0.25) is 0 Å². The monoisotopic (exact) mass is 371 g/mol. The molecule has 8 heteroatoms. The second kappa shape index (κ2) is 8.66. The Morgan fingerprint density at radius 2 is 2.07 bits per heavy atom. The van der Waals surface area contributed by atoms with Crippen molar-refractivity contribution in [3.8, 4) is 5.75 Å². The summed E-state index contributed by atoms with van der Waals surface area (Å²) in [7, 11) is 0. The molecule has 3 rings (SSSR count). The Balaban J connectivity index is 1.99. The molecule has 0 unspecified atom stereocenters. The quantitative estimate of drug-likeness (QED) is 0.563. The van der Waals surface area contributed by atoms with Crippen LogP contribution in [0.4, 0.5) is 5.95 Å². The number of carbonyl (C=O) groups excluding carboxylic acids is 1. The van der Waals surface area contributed by atoms with Crippen LogP contribution in [0.3, 0.4) is 0 Å². The molecule has 1 aromatic heterocycles. The van der Waals surface area contributed by atoms with Crippen molar-refractivity contribution in [2.45, 2.75) is 46.1 Å². The number of esters is 1. The first kappa shape index (κ1) is 18.9. The van der Waals surface area contributed by atoms with Gasteiger partial charge in [-0.25, -0.2) is 4.79 Å². The van der Waals surface area contributed by atoms with E-state index in [1.54, 1.807) is 4.68 Å². The predicted molar refractivity (Wildman–Crippen MR) is 100 cm³/mol. The summed E-state index contributed by atoms with van der Waals surface area (Å²) in [5, 5.41) is 14.9. The summed E-state index contributed by atoms with van der Waals surface area (Å²) in [4.78, 5) is 12.9. The molecule has 0 saturated heterocycles. The summed E-state index contributed by atoms with van der Waals surface area (Å²) in [6.45, 7) is 6.78. The largest absolute Gasteiger partial charge is 0.494 e. The topological polar surface area (TPSA) is 91.2 Å². The fourth-order valence-corrected chi connectivity index (χ4v) is 3.15. The van der Waals surface area contributed by atoms with E-state index in [1.807, 2.05) is 38.1 Å². The van der Waals surface area contributed by atoms with Crippen molar-refractivity contribution in [3.63, 3.8) is 0 Å². The van der Waals surface area contributed by atoms with Crippen LogP contribution in [0.15, 0.2) is 35.5 Å². The minimum atomic E-state index is -0.516. The van der Waals surface area contributed by atoms with E-state index >= 15 is 0 Å². The third-order valence-electron chi connectivity index (χ3n) is 4.43. The van der Waals surface area contributed by atoms with Crippen molar-refractivity contribution in [2.24, 2.45) is 0 Å². The summed E-state index contributed by atoms with van der Waals surface area (Å²) in [6, 6.07) is 7.09. The van der Waals surface area contributed by atoms with Gasteiger partial charge in [0.1, 0.15) is 11.8 Å². The third-order valence-corrected chi connectivity index (χ3v) is 4.43. The van der Waals surface area contributed by atoms with Gasteiger partial charge in [0.25, 0.3) is 0 Å². The van der Waals surface area contributed by atoms with Crippen molar-refractivity contribution in [1.82, 2.24) is 20.2 Å². The Hall–Kier alpha value is -2.90. The predicted octanol–water partition coefficient (Wildman–Crippen LogP) is 3.09. The molecule has 0 bridgehead atoms. The lowest BCUT2D eigenvalue weighted by Crippen LogP contribution is -2.30. The van der Waals surface area contributed by atoms with Gasteiger partial charge in [-0.2, -0.15) is 4.68 Å². The van der Waals surface area contributed by atoms with Crippen LogP contribution in [-0.2, 0) is 9.53 Å². The summed E-state index contributed by atoms with van der Waals surface area (Å²) < 4.78 is 12.9. The number of ether oxygens (including phenoxy) is 2. The van der Waals surface area contributed by atoms with Gasteiger partial charge >= 0.3 is 5.97 Å². The fourth-order valence-electron chi connectivity index (χ4n) is 3.15. The molecule has 144 valence electrons. The van der Waals surface area contributed by atoms with Crippen molar-refractivity contribution in [1.29, 1.82) is 0 Å². The molecular formula is C19H25N5O3. The number of unbranched alkanes of at least 4 members (excludes halogenated alkanes) is 2. The number of nitrogens with zero attached hydrogens (tertiary/aromatic N) is 4. The lowest BCUT2D eigenvalue weighted by atomic mass is 9.95. The van der Waals surface area contributed by atoms with Crippen LogP contribution >= 0.6 is 0 Å². The Labute approximate surface area is 158 Å². The number of tetrazole rings is 1. The van der Waals surface area contributed by atoms with Gasteiger partial charge in [0.05, 0.1) is 18.8 Å². The molecule has 2 aromatic rings. The van der Waals surface area contributed by atoms with Crippen LogP contribution in [0, 0.1) is 0 Å². The van der Waals surface area contributed by atoms with E-state index in [-0.39, 0.29) is 5.97 Å². The van der Waals surface area contributed by atoms with E-state index in [9.17, 15) is 4.79 Å². The van der Waals surface area contributed by atoms with Crippen molar-refractivity contribution < 1.29 is 14.3 Å². The number of benzene rings is 1. The zero-order valence-corrected chi connectivity index (χ0v) is 15.9. The highest BCUT2D eigenvalue weighted by Crippen LogP contribution is 2.38. The highest BCUT2D eigenvalue weighted by molar-refractivity contribution is 5.92. The summed E-state index contributed by atoms with van der Waals surface area (Å²) in [5.74, 6) is 0.803. The van der Waals surface area contributed by atoms with E-state index in [2.05, 4.69) is 27.8 Å². The van der Waals surface area contributed by atoms with Crippen LogP contribution in [0.25, 0.3) is 0 Å². The summed E-state index contributed by atoms with van der Waals surface area (Å²) in [6.07, 6.45) is 2.94. The second-order valence-corrected chi connectivity index (χ2v) is 6.33. The van der Waals surface area contributed by atoms with Crippen LogP contribution < -0.4 is 10.1 Å². The number of allylic oxidation sites excluding steroid dienone is 1. The Bertz CT molecular complexity index is 830. The van der Waals surface area contributed by atoms with E-state index in [0.717, 1.165) is 24.8 Å². The zero-order chi connectivity index (χ0) is 19.2. The number of aromatic nitrogens is 4. The standard InChI is InChI=1S/C19H25N5O3/c1-4-6-9-12-27-18(25)16-13(3)20-19-21-22-23-24(19)17(16)14-10-7-8-11-15(14)26-5-2/h7-8,10-11,17H,4-6,9,12H2,1-3H3,(H,20,21,23)/t17-/m0/s1. The number of nitrogens with one attached hydrogen (secondary N) is 1. The molecule has 1 atom stereocenters. The summed E-state index contributed by atoms with van der Waals surface area (Å²) >= 11 is 0. The first-order valence-electron chi connectivity index (χ1n) is 9.31. The van der Waals surface area contributed by atoms with Crippen molar-refractivity contribution in [2.75, 3.05) is 18.5 Å². The SMILES string of the molecule is CCCCCOC(=O)C1=C(C)Nc2nnnn2[C@H]1c1ccccc1OCC. The van der Waals surface area contributed by atoms with Gasteiger partial charge in [-0.3, -0.25) is 0 Å². The van der Waals surface area contributed by atoms with Gasteiger partial charge in [0.15, 0.2) is 0 Å². The van der Waals surface area contributed by atoms with Gasteiger partial charge in [-0.05, 0) is 36.8 Å². The van der Waals surface area contributed by atoms with Crippen LogP contribution in [0.1, 0.15) is 51.6 Å². The van der Waals surface area contributed by atoms with Gasteiger partial charge in [-0.1, -0.05) is 43.1 Å². The minimum absolute atomic E-state index is 0.367. The molecule has 0 saturated carbocycles. The molecule has 0 aliphatic carbocycles. The first-order valence-corrected chi connectivity index (χ1v) is 9.31. The molecule has 0 spiro atoms. The lowest BCUT2D eigenvalue weighted by molar-refractivity contribution is -0.139. The Morgan fingerprint density at radius 1 is 1.26 bits per heavy atom. The van der Waals surface area contributed by atoms with Crippen molar-refractivity contribution in [3.05, 3.63) is 41.1 Å². The fraction of sp³-hybridized carbons (Fsp3) is 0.474. The molecule has 8 nitrogen and oxygen atoms in total. The number of fused-ring (bicyclic) bond motifs is 1. The smallest absolute Gasteiger partial charge is 0.338 e. The maximum Gasteiger partial charge on any atom is 0.338 e. The molecule has 0 fully saturated rings. The van der Waals surface area contributed by atoms with Crippen LogP contribution in [0.5, 0.6) is 5.75 Å². The highest BCUT2D eigenvalue weighted by Gasteiger charge is 2.36. The number of carbonyl (C=O) groups is 1. The van der Waals surface area contributed by atoms with E-state index in [4.69, 9.17) is 9.47 Å². The maximum atomic E-state index is 12.9. The van der Waals surface area contributed by atoms with Gasteiger partial charge < -0.3 is 14.8 Å². The lowest BCUT2D eigenvalue weighted by Gasteiger charge is -2.28. The average Bonchev–Trinajstić information content (AvgIpc) is 3.13. The normalized spacial score (nSPS) is 15.9. The summed E-state index contributed by atoms with van der Waals surface area (Å²) in [5.41, 5.74) is 1.97. The molecule has 2 heterocycles. The number of hydrogen-bond donors (Lipinski definition) is 1. The Kier molecular flexibility index (Phi) is 6.05.